The molecule has 0 aliphatic carbocycles. The predicted molar refractivity (Wildman–Crippen MR) is 116 cm³/mol. The Kier molecular flexibility index (Phi) is 7.41. The van der Waals surface area contributed by atoms with Gasteiger partial charge in [0.25, 0.3) is 5.91 Å². The van der Waals surface area contributed by atoms with E-state index in [9.17, 15) is 19.2 Å². The minimum atomic E-state index is -0.692. The monoisotopic (exact) mass is 455 g/mol. The van der Waals surface area contributed by atoms with Gasteiger partial charge >= 0.3 is 11.9 Å². The lowest BCUT2D eigenvalue weighted by atomic mass is 10.1. The second-order valence-electron chi connectivity index (χ2n) is 6.44. The maximum atomic E-state index is 12.2. The van der Waals surface area contributed by atoms with Crippen molar-refractivity contribution in [1.82, 2.24) is 0 Å². The lowest BCUT2D eigenvalue weighted by Gasteiger charge is -2.09. The highest BCUT2D eigenvalue weighted by Crippen LogP contribution is 2.23. The predicted octanol–water partition coefficient (Wildman–Crippen LogP) is 4.38. The van der Waals surface area contributed by atoms with Crippen molar-refractivity contribution in [2.45, 2.75) is 6.92 Å². The zero-order valence-electron chi connectivity index (χ0n) is 16.9. The molecule has 0 radical (unpaired) electrons. The van der Waals surface area contributed by atoms with Crippen LogP contribution in [0.5, 0.6) is 0 Å². The van der Waals surface area contributed by atoms with Crippen LogP contribution in [0.15, 0.2) is 59.0 Å². The van der Waals surface area contributed by atoms with Crippen LogP contribution in [0.2, 0.25) is 5.02 Å². The van der Waals surface area contributed by atoms with E-state index in [0.29, 0.717) is 23.3 Å². The highest BCUT2D eigenvalue weighted by atomic mass is 35.5. The summed E-state index contributed by atoms with van der Waals surface area (Å²) in [6.45, 7) is 1.32. The quantitative estimate of drug-likeness (QED) is 0.396. The molecule has 0 spiro atoms. The summed E-state index contributed by atoms with van der Waals surface area (Å²) < 4.78 is 15.3. The standard InChI is InChI=1S/C23H18ClNO7/c1-2-30-23(29)18-11-16(7-9-19(18)24)25-21(27)13-31-22(28)15-5-3-14(4-6-15)20-10-8-17(12-26)32-20/h3-12H,2,13H2,1H3,(H,25,27). The van der Waals surface area contributed by atoms with Crippen LogP contribution in [-0.4, -0.2) is 37.3 Å². The number of furan rings is 1. The average molecular weight is 456 g/mol. The summed E-state index contributed by atoms with van der Waals surface area (Å²) in [7, 11) is 0. The molecule has 164 valence electrons. The molecule has 8 nitrogen and oxygen atoms in total. The number of halogens is 1. The van der Waals surface area contributed by atoms with Gasteiger partial charge in [-0.2, -0.15) is 0 Å². The summed E-state index contributed by atoms with van der Waals surface area (Å²) in [5.41, 5.74) is 1.32. The first kappa shape index (κ1) is 22.8. The van der Waals surface area contributed by atoms with Crippen LogP contribution >= 0.6 is 11.6 Å². The number of hydrogen-bond acceptors (Lipinski definition) is 7. The number of ether oxygens (including phenoxy) is 2. The Labute approximate surface area is 188 Å². The Morgan fingerprint density at radius 2 is 1.75 bits per heavy atom. The zero-order chi connectivity index (χ0) is 23.1. The molecule has 0 fully saturated rings. The van der Waals surface area contributed by atoms with Gasteiger partial charge in [0, 0.05) is 11.3 Å². The van der Waals surface area contributed by atoms with E-state index in [2.05, 4.69) is 5.32 Å². The molecule has 0 atom stereocenters. The van der Waals surface area contributed by atoms with E-state index >= 15 is 0 Å². The molecular weight excluding hydrogens is 438 g/mol. The summed E-state index contributed by atoms with van der Waals surface area (Å²) in [5.74, 6) is -1.21. The van der Waals surface area contributed by atoms with E-state index in [1.807, 2.05) is 0 Å². The van der Waals surface area contributed by atoms with E-state index < -0.39 is 24.5 Å². The number of carbonyl (C=O) groups is 4. The van der Waals surface area contributed by atoms with Gasteiger partial charge in [-0.1, -0.05) is 23.7 Å². The minimum Gasteiger partial charge on any atom is -0.462 e. The SMILES string of the molecule is CCOC(=O)c1cc(NC(=O)COC(=O)c2ccc(-c3ccc(C=O)o3)cc2)ccc1Cl. The summed E-state index contributed by atoms with van der Waals surface area (Å²) in [5, 5.41) is 2.72. The van der Waals surface area contributed by atoms with E-state index in [1.165, 1.54) is 30.3 Å². The third-order valence-electron chi connectivity index (χ3n) is 4.23. The van der Waals surface area contributed by atoms with Gasteiger partial charge in [0.2, 0.25) is 0 Å². The van der Waals surface area contributed by atoms with Gasteiger partial charge in [0.15, 0.2) is 18.7 Å². The maximum absolute atomic E-state index is 12.2. The Hall–Kier alpha value is -3.91. The second kappa shape index (κ2) is 10.4. The van der Waals surface area contributed by atoms with Crippen molar-refractivity contribution >= 4 is 41.4 Å². The third kappa shape index (κ3) is 5.61. The molecular formula is C23H18ClNO7. The maximum Gasteiger partial charge on any atom is 0.339 e. The van der Waals surface area contributed by atoms with E-state index in [-0.39, 0.29) is 28.5 Å². The van der Waals surface area contributed by atoms with Gasteiger partial charge in [0.05, 0.1) is 22.8 Å². The molecule has 1 N–H and O–H groups in total. The number of amides is 1. The smallest absolute Gasteiger partial charge is 0.339 e. The lowest BCUT2D eigenvalue weighted by Crippen LogP contribution is -2.21. The van der Waals surface area contributed by atoms with Crippen molar-refractivity contribution in [3.05, 3.63) is 76.5 Å². The molecule has 0 aliphatic rings. The van der Waals surface area contributed by atoms with Gasteiger partial charge in [-0.25, -0.2) is 9.59 Å². The summed E-state index contributed by atoms with van der Waals surface area (Å²) in [6, 6.07) is 13.8. The molecule has 1 amide bonds. The molecule has 3 aromatic rings. The van der Waals surface area contributed by atoms with E-state index in [1.54, 1.807) is 31.2 Å². The third-order valence-corrected chi connectivity index (χ3v) is 4.56. The van der Waals surface area contributed by atoms with Crippen molar-refractivity contribution < 1.29 is 33.1 Å². The number of hydrogen-bond donors (Lipinski definition) is 1. The normalized spacial score (nSPS) is 10.3. The number of rotatable bonds is 8. The molecule has 0 aliphatic heterocycles. The van der Waals surface area contributed by atoms with E-state index in [4.69, 9.17) is 25.5 Å². The van der Waals surface area contributed by atoms with Gasteiger partial charge in [0.1, 0.15) is 5.76 Å². The Bertz CT molecular complexity index is 1150. The number of nitrogens with one attached hydrogen (secondary N) is 1. The van der Waals surface area contributed by atoms with Crippen LogP contribution in [0.1, 0.15) is 38.2 Å². The fourth-order valence-electron chi connectivity index (χ4n) is 2.72. The average Bonchev–Trinajstić information content (AvgIpc) is 3.28. The van der Waals surface area contributed by atoms with Crippen molar-refractivity contribution in [2.24, 2.45) is 0 Å². The number of aldehydes is 1. The molecule has 0 saturated carbocycles. The van der Waals surface area contributed by atoms with Crippen molar-refractivity contribution in [1.29, 1.82) is 0 Å². The molecule has 0 saturated heterocycles. The highest BCUT2D eigenvalue weighted by molar-refractivity contribution is 6.33. The minimum absolute atomic E-state index is 0.111. The topological polar surface area (TPSA) is 112 Å². The van der Waals surface area contributed by atoms with Crippen LogP contribution in [0.4, 0.5) is 5.69 Å². The molecule has 1 heterocycles. The van der Waals surface area contributed by atoms with Crippen molar-refractivity contribution in [2.75, 3.05) is 18.5 Å². The number of carbonyl (C=O) groups excluding carboxylic acids is 4. The first-order chi connectivity index (χ1) is 15.4. The second-order valence-corrected chi connectivity index (χ2v) is 6.84. The molecule has 9 heteroatoms. The fraction of sp³-hybridized carbons (Fsp3) is 0.130. The first-order valence-electron chi connectivity index (χ1n) is 9.50. The number of esters is 2. The molecule has 2 aromatic carbocycles. The summed E-state index contributed by atoms with van der Waals surface area (Å²) in [4.78, 5) is 46.9. The number of anilines is 1. The highest BCUT2D eigenvalue weighted by Gasteiger charge is 2.15. The number of benzene rings is 2. The molecule has 0 unspecified atom stereocenters. The Morgan fingerprint density at radius 1 is 1.00 bits per heavy atom. The molecule has 32 heavy (non-hydrogen) atoms. The molecule has 1 aromatic heterocycles. The largest absolute Gasteiger partial charge is 0.462 e. The van der Waals surface area contributed by atoms with Gasteiger partial charge in [-0.05, 0) is 49.4 Å². The van der Waals surface area contributed by atoms with Crippen LogP contribution < -0.4 is 5.32 Å². The van der Waals surface area contributed by atoms with Crippen molar-refractivity contribution in [3.63, 3.8) is 0 Å². The van der Waals surface area contributed by atoms with Crippen molar-refractivity contribution in [3.8, 4) is 11.3 Å². The van der Waals surface area contributed by atoms with Crippen LogP contribution in [0.3, 0.4) is 0 Å². The van der Waals surface area contributed by atoms with Gasteiger partial charge in [-0.15, -0.1) is 0 Å². The van der Waals surface area contributed by atoms with E-state index in [0.717, 1.165) is 0 Å². The zero-order valence-corrected chi connectivity index (χ0v) is 17.7. The Balaban J connectivity index is 1.56. The Morgan fingerprint density at radius 3 is 2.41 bits per heavy atom. The van der Waals surface area contributed by atoms with Crippen LogP contribution in [-0.2, 0) is 14.3 Å². The molecule has 3 rings (SSSR count). The van der Waals surface area contributed by atoms with Gasteiger partial charge < -0.3 is 19.2 Å². The van der Waals surface area contributed by atoms with Crippen LogP contribution in [0.25, 0.3) is 11.3 Å². The summed E-state index contributed by atoms with van der Waals surface area (Å²) >= 11 is 5.99. The van der Waals surface area contributed by atoms with Crippen LogP contribution in [0, 0.1) is 0 Å². The van der Waals surface area contributed by atoms with Gasteiger partial charge in [-0.3, -0.25) is 9.59 Å². The fourth-order valence-corrected chi connectivity index (χ4v) is 2.92. The molecule has 0 bridgehead atoms. The summed E-state index contributed by atoms with van der Waals surface area (Å²) in [6.07, 6.45) is 0.599. The lowest BCUT2D eigenvalue weighted by molar-refractivity contribution is -0.119. The first-order valence-corrected chi connectivity index (χ1v) is 9.88.